The van der Waals surface area contributed by atoms with Crippen molar-refractivity contribution in [1.82, 2.24) is 0 Å². The van der Waals surface area contributed by atoms with Crippen molar-refractivity contribution in [1.29, 1.82) is 0 Å². The van der Waals surface area contributed by atoms with Gasteiger partial charge in [0.15, 0.2) is 17.7 Å². The monoisotopic (exact) mass is 489 g/mol. The number of ether oxygens (including phenoxy) is 2. The summed E-state index contributed by atoms with van der Waals surface area (Å²) in [6, 6.07) is -0.0198. The molecular weight excluding hydrogens is 454 g/mol. The Morgan fingerprint density at radius 3 is 2.57 bits per heavy atom. The smallest absolute Gasteiger partial charge is 0.341 e. The highest BCUT2D eigenvalue weighted by Gasteiger charge is 2.59. The molecule has 3 heterocycles. The first-order valence-electron chi connectivity index (χ1n) is 10.9. The zero-order chi connectivity index (χ0) is 21.4. The molecule has 0 aliphatic carbocycles. The Bertz CT molecular complexity index is 691. The summed E-state index contributed by atoms with van der Waals surface area (Å²) < 4.78 is 12.2. The number of carbonyl (C=O) groups excluding carboxylic acids is 2. The van der Waals surface area contributed by atoms with E-state index in [1.165, 1.54) is 40.0 Å². The van der Waals surface area contributed by atoms with Gasteiger partial charge in [0.2, 0.25) is 0 Å². The number of hydrogen-bond acceptors (Lipinski definition) is 6. The molecular formula is C22H36BrNO6. The molecule has 0 amide bonds. The number of hydrogen-bond donors (Lipinski definition) is 2. The van der Waals surface area contributed by atoms with Crippen LogP contribution in [0, 0.1) is 5.92 Å². The van der Waals surface area contributed by atoms with Crippen molar-refractivity contribution < 1.29 is 50.7 Å². The number of rotatable bonds is 5. The number of quaternary nitrogens is 1. The van der Waals surface area contributed by atoms with Gasteiger partial charge in [-0.2, -0.15) is 0 Å². The first-order chi connectivity index (χ1) is 13.6. The van der Waals surface area contributed by atoms with Gasteiger partial charge in [0, 0.05) is 12.0 Å². The van der Waals surface area contributed by atoms with Crippen LogP contribution in [0.3, 0.4) is 0 Å². The Labute approximate surface area is 189 Å². The molecule has 2 saturated heterocycles. The fraction of sp³-hybridized carbons (Fsp3) is 0.818. The number of halogens is 1. The predicted molar refractivity (Wildman–Crippen MR) is 107 cm³/mol. The van der Waals surface area contributed by atoms with Crippen molar-refractivity contribution in [3.63, 3.8) is 0 Å². The SMILES string of the molecule is CCCCCC[N+]12CC=C3COC(=O)C(C)(O)C(C)(O)C(C)C(=O)OC(CC1)C32.[Br-]. The second kappa shape index (κ2) is 9.27. The van der Waals surface area contributed by atoms with Crippen LogP contribution in [0.1, 0.15) is 59.8 Å². The second-order valence-electron chi connectivity index (χ2n) is 9.41. The third kappa shape index (κ3) is 4.20. The minimum atomic E-state index is -2.23. The maximum Gasteiger partial charge on any atom is 0.341 e. The van der Waals surface area contributed by atoms with Gasteiger partial charge in [0.25, 0.3) is 0 Å². The number of cyclic esters (lactones) is 1. The zero-order valence-electron chi connectivity index (χ0n) is 18.5. The number of esters is 2. The van der Waals surface area contributed by atoms with E-state index in [0.717, 1.165) is 42.5 Å². The molecule has 0 bridgehead atoms. The highest BCUT2D eigenvalue weighted by atomic mass is 79.9. The molecule has 30 heavy (non-hydrogen) atoms. The average Bonchev–Trinajstić information content (AvgIpc) is 3.20. The van der Waals surface area contributed by atoms with Crippen molar-refractivity contribution in [2.45, 2.75) is 83.1 Å². The molecule has 6 unspecified atom stereocenters. The van der Waals surface area contributed by atoms with E-state index in [9.17, 15) is 19.8 Å². The van der Waals surface area contributed by atoms with Crippen molar-refractivity contribution in [3.05, 3.63) is 11.6 Å². The van der Waals surface area contributed by atoms with Gasteiger partial charge in [-0.25, -0.2) is 4.79 Å². The van der Waals surface area contributed by atoms with Crippen molar-refractivity contribution in [3.8, 4) is 0 Å². The molecule has 0 spiro atoms. The standard InChI is InChI=1S/C22H36NO6.BrH/c1-5-6-7-8-11-23-12-9-16-14-28-20(25)22(4,27)21(3,26)15(2)19(24)29-17(10-13-23)18(16)23;/h9,15,17-18,26-27H,5-8,10-14H2,1-4H3;1H/q+1;/p-1. The first-order valence-corrected chi connectivity index (χ1v) is 10.9. The molecule has 2 fully saturated rings. The van der Waals surface area contributed by atoms with Crippen LogP contribution < -0.4 is 17.0 Å². The predicted octanol–water partition coefficient (Wildman–Crippen LogP) is -1.29. The minimum Gasteiger partial charge on any atom is -1.00 e. The van der Waals surface area contributed by atoms with Crippen molar-refractivity contribution in [2.75, 3.05) is 26.2 Å². The van der Waals surface area contributed by atoms with Crippen molar-refractivity contribution in [2.24, 2.45) is 5.92 Å². The lowest BCUT2D eigenvalue weighted by molar-refractivity contribution is -0.925. The highest BCUT2D eigenvalue weighted by Crippen LogP contribution is 2.41. The van der Waals surface area contributed by atoms with Crippen LogP contribution in [0.25, 0.3) is 0 Å². The molecule has 2 N–H and O–H groups in total. The van der Waals surface area contributed by atoms with Gasteiger partial charge in [-0.05, 0) is 39.7 Å². The second-order valence-corrected chi connectivity index (χ2v) is 9.41. The Hall–Kier alpha value is -0.960. The third-order valence-electron chi connectivity index (χ3n) is 7.57. The molecule has 0 saturated carbocycles. The molecule has 8 heteroatoms. The molecule has 3 aliphatic heterocycles. The van der Waals surface area contributed by atoms with E-state index in [-0.39, 0.29) is 35.7 Å². The van der Waals surface area contributed by atoms with Crippen LogP contribution in [0.2, 0.25) is 0 Å². The molecule has 0 aromatic rings. The van der Waals surface area contributed by atoms with Crippen LogP contribution in [0.5, 0.6) is 0 Å². The van der Waals surface area contributed by atoms with Gasteiger partial charge < -0.3 is 41.2 Å². The van der Waals surface area contributed by atoms with Gasteiger partial charge in [0.1, 0.15) is 12.2 Å². The lowest BCUT2D eigenvalue weighted by Crippen LogP contribution is -3.00. The summed E-state index contributed by atoms with van der Waals surface area (Å²) >= 11 is 0. The van der Waals surface area contributed by atoms with E-state index in [1.54, 1.807) is 0 Å². The maximum atomic E-state index is 12.9. The molecule has 6 atom stereocenters. The Balaban J connectivity index is 0.00000320. The van der Waals surface area contributed by atoms with Crippen LogP contribution in [-0.2, 0) is 19.1 Å². The molecule has 7 nitrogen and oxygen atoms in total. The fourth-order valence-electron chi connectivity index (χ4n) is 5.11. The molecule has 3 aliphatic rings. The van der Waals surface area contributed by atoms with Gasteiger partial charge >= 0.3 is 11.9 Å². The topological polar surface area (TPSA) is 93.1 Å². The Morgan fingerprint density at radius 1 is 1.20 bits per heavy atom. The summed E-state index contributed by atoms with van der Waals surface area (Å²) in [5.41, 5.74) is -3.29. The molecule has 0 radical (unpaired) electrons. The number of nitrogens with zero attached hydrogens (tertiary/aromatic N) is 1. The Kier molecular flexibility index (Phi) is 7.81. The van der Waals surface area contributed by atoms with E-state index in [2.05, 4.69) is 13.0 Å². The number of carbonyl (C=O) groups is 2. The molecule has 0 aromatic carbocycles. The molecule has 172 valence electrons. The van der Waals surface area contributed by atoms with Gasteiger partial charge in [-0.1, -0.05) is 19.8 Å². The average molecular weight is 490 g/mol. The summed E-state index contributed by atoms with van der Waals surface area (Å²) in [4.78, 5) is 25.5. The summed E-state index contributed by atoms with van der Waals surface area (Å²) in [6.45, 7) is 8.97. The van der Waals surface area contributed by atoms with Gasteiger partial charge in [0.05, 0.1) is 25.6 Å². The van der Waals surface area contributed by atoms with Gasteiger partial charge in [-0.15, -0.1) is 0 Å². The lowest BCUT2D eigenvalue weighted by Gasteiger charge is -2.39. The van der Waals surface area contributed by atoms with E-state index in [0.29, 0.717) is 0 Å². The molecule has 0 aromatic heterocycles. The quantitative estimate of drug-likeness (QED) is 0.216. The number of unbranched alkanes of at least 4 members (excludes halogenated alkanes) is 3. The minimum absolute atomic E-state index is 0. The summed E-state index contributed by atoms with van der Waals surface area (Å²) in [6.07, 6.45) is 7.24. The van der Waals surface area contributed by atoms with Gasteiger partial charge in [-0.3, -0.25) is 4.79 Å². The fourth-order valence-corrected chi connectivity index (χ4v) is 5.11. The van der Waals surface area contributed by atoms with Crippen LogP contribution >= 0.6 is 0 Å². The zero-order valence-corrected chi connectivity index (χ0v) is 20.1. The normalized spacial score (nSPS) is 41.1. The maximum absolute atomic E-state index is 12.9. The number of aliphatic hydroxyl groups is 2. The van der Waals surface area contributed by atoms with E-state index >= 15 is 0 Å². The lowest BCUT2D eigenvalue weighted by atomic mass is 9.76. The summed E-state index contributed by atoms with van der Waals surface area (Å²) in [5.74, 6) is -2.59. The summed E-state index contributed by atoms with van der Waals surface area (Å²) in [7, 11) is 0. The van der Waals surface area contributed by atoms with Crippen molar-refractivity contribution >= 4 is 11.9 Å². The Morgan fingerprint density at radius 2 is 1.90 bits per heavy atom. The largest absolute Gasteiger partial charge is 1.00 e. The third-order valence-corrected chi connectivity index (χ3v) is 7.57. The highest BCUT2D eigenvalue weighted by molar-refractivity contribution is 5.83. The molecule has 3 rings (SSSR count). The van der Waals surface area contributed by atoms with E-state index in [4.69, 9.17) is 9.47 Å². The van der Waals surface area contributed by atoms with Crippen LogP contribution in [-0.4, -0.2) is 76.2 Å². The van der Waals surface area contributed by atoms with E-state index < -0.39 is 29.1 Å². The summed E-state index contributed by atoms with van der Waals surface area (Å²) in [5, 5.41) is 21.6. The van der Waals surface area contributed by atoms with E-state index in [1.807, 2.05) is 0 Å². The van der Waals surface area contributed by atoms with Crippen LogP contribution in [0.15, 0.2) is 11.6 Å². The first kappa shape index (κ1) is 25.3. The van der Waals surface area contributed by atoms with Crippen LogP contribution in [0.4, 0.5) is 0 Å².